The Labute approximate surface area is 147 Å². The van der Waals surface area contributed by atoms with Crippen molar-refractivity contribution in [2.75, 3.05) is 7.11 Å². The summed E-state index contributed by atoms with van der Waals surface area (Å²) in [6.07, 6.45) is 3.68. The van der Waals surface area contributed by atoms with Crippen molar-refractivity contribution in [1.82, 2.24) is 9.55 Å². The Morgan fingerprint density at radius 3 is 2.60 bits per heavy atom. The Kier molecular flexibility index (Phi) is 3.99. The quantitative estimate of drug-likeness (QED) is 0.614. The Balaban J connectivity index is 1.86. The van der Waals surface area contributed by atoms with Gasteiger partial charge >= 0.3 is 0 Å². The van der Waals surface area contributed by atoms with Crippen LogP contribution in [0.15, 0.2) is 65.8 Å². The highest BCUT2D eigenvalue weighted by Crippen LogP contribution is 2.31. The molecule has 25 heavy (non-hydrogen) atoms. The van der Waals surface area contributed by atoms with E-state index in [0.717, 1.165) is 33.1 Å². The second-order valence-electron chi connectivity index (χ2n) is 5.80. The lowest BCUT2D eigenvalue weighted by atomic mass is 10.2. The number of nitrogens with zero attached hydrogens (tertiary/aromatic N) is 2. The fourth-order valence-corrected chi connectivity index (χ4v) is 3.54. The second kappa shape index (κ2) is 6.31. The molecule has 0 aliphatic rings. The average molecular weight is 351 g/mol. The number of fused-ring (bicyclic) bond motifs is 3. The minimum absolute atomic E-state index is 0.623. The van der Waals surface area contributed by atoms with E-state index in [9.17, 15) is 4.21 Å². The fraction of sp³-hybridized carbons (Fsp3) is 0.105. The third kappa shape index (κ3) is 2.79. The van der Waals surface area contributed by atoms with Gasteiger partial charge in [-0.2, -0.15) is 0 Å². The topological polar surface area (TPSA) is 70.1 Å². The van der Waals surface area contributed by atoms with Gasteiger partial charge in [0.15, 0.2) is 0 Å². The molecule has 6 heteroatoms. The molecule has 2 N–H and O–H groups in total. The summed E-state index contributed by atoms with van der Waals surface area (Å²) in [6, 6.07) is 15.6. The van der Waals surface area contributed by atoms with Crippen LogP contribution in [0, 0.1) is 0 Å². The molecule has 2 aromatic heterocycles. The molecule has 0 aliphatic carbocycles. The molecule has 0 spiro atoms. The van der Waals surface area contributed by atoms with Crippen molar-refractivity contribution < 1.29 is 8.95 Å². The monoisotopic (exact) mass is 351 g/mol. The van der Waals surface area contributed by atoms with Crippen molar-refractivity contribution in [2.45, 2.75) is 11.4 Å². The first-order chi connectivity index (χ1) is 12.2. The first-order valence-corrected chi connectivity index (χ1v) is 9.04. The average Bonchev–Trinajstić information content (AvgIpc) is 2.95. The van der Waals surface area contributed by atoms with Crippen LogP contribution in [0.2, 0.25) is 0 Å². The lowest BCUT2D eigenvalue weighted by Crippen LogP contribution is -2.03. The van der Waals surface area contributed by atoms with Crippen LogP contribution in [0.5, 0.6) is 5.75 Å². The molecule has 0 saturated heterocycles. The lowest BCUT2D eigenvalue weighted by Gasteiger charge is -2.08. The minimum Gasteiger partial charge on any atom is -0.497 e. The molecule has 126 valence electrons. The van der Waals surface area contributed by atoms with Crippen LogP contribution in [0.3, 0.4) is 0 Å². The fourth-order valence-electron chi connectivity index (χ4n) is 3.13. The van der Waals surface area contributed by atoms with Gasteiger partial charge in [-0.1, -0.05) is 12.1 Å². The molecule has 1 atom stereocenters. The van der Waals surface area contributed by atoms with Gasteiger partial charge in [-0.25, -0.2) is 9.35 Å². The molecular formula is C19H17N3O2S. The van der Waals surface area contributed by atoms with Crippen molar-refractivity contribution in [2.24, 2.45) is 5.14 Å². The predicted octanol–water partition coefficient (Wildman–Crippen LogP) is 3.23. The Bertz CT molecular complexity index is 1090. The van der Waals surface area contributed by atoms with Crippen molar-refractivity contribution >= 4 is 32.8 Å². The maximum absolute atomic E-state index is 11.3. The number of ether oxygens (including phenoxy) is 1. The van der Waals surface area contributed by atoms with E-state index in [-0.39, 0.29) is 0 Å². The van der Waals surface area contributed by atoms with Crippen molar-refractivity contribution in [3.8, 4) is 5.75 Å². The van der Waals surface area contributed by atoms with Gasteiger partial charge in [-0.15, -0.1) is 0 Å². The normalized spacial score (nSPS) is 12.6. The largest absolute Gasteiger partial charge is 0.497 e. The van der Waals surface area contributed by atoms with Crippen molar-refractivity contribution in [3.05, 3.63) is 66.5 Å². The molecule has 0 saturated carbocycles. The number of hydrogen-bond donors (Lipinski definition) is 1. The molecule has 2 aromatic carbocycles. The molecule has 1 unspecified atom stereocenters. The highest BCUT2D eigenvalue weighted by atomic mass is 32.2. The number of methoxy groups -OCH3 is 1. The number of hydrogen-bond acceptors (Lipinski definition) is 3. The van der Waals surface area contributed by atoms with Gasteiger partial charge < -0.3 is 9.30 Å². The lowest BCUT2D eigenvalue weighted by molar-refractivity contribution is 0.415. The third-order valence-electron chi connectivity index (χ3n) is 4.37. The highest BCUT2D eigenvalue weighted by molar-refractivity contribution is 7.82. The van der Waals surface area contributed by atoms with E-state index in [1.807, 2.05) is 30.5 Å². The number of benzene rings is 2. The molecule has 4 rings (SSSR count). The van der Waals surface area contributed by atoms with E-state index >= 15 is 0 Å². The smallest absolute Gasteiger partial charge is 0.122 e. The maximum Gasteiger partial charge on any atom is 0.122 e. The van der Waals surface area contributed by atoms with Gasteiger partial charge in [-0.05, 0) is 42.0 Å². The number of rotatable bonds is 4. The zero-order valence-electron chi connectivity index (χ0n) is 13.7. The zero-order valence-corrected chi connectivity index (χ0v) is 14.5. The standard InChI is InChI=1S/C19H17N3O2S/c1-24-14-4-7-18-17(10-14)16-8-9-21-11-19(16)22(18)12-13-2-5-15(6-3-13)25(20)23/h2-11H,12,20H2,1H3. The Morgan fingerprint density at radius 2 is 1.88 bits per heavy atom. The summed E-state index contributed by atoms with van der Waals surface area (Å²) in [5.74, 6) is 0.832. The molecule has 2 heterocycles. The zero-order chi connectivity index (χ0) is 17.4. The summed E-state index contributed by atoms with van der Waals surface area (Å²) < 4.78 is 18.9. The minimum atomic E-state index is -1.45. The molecule has 0 aliphatic heterocycles. The summed E-state index contributed by atoms with van der Waals surface area (Å²) in [5.41, 5.74) is 3.29. The number of pyridine rings is 1. The maximum atomic E-state index is 11.3. The Morgan fingerprint density at radius 1 is 1.08 bits per heavy atom. The van der Waals surface area contributed by atoms with Crippen LogP contribution < -0.4 is 9.88 Å². The van der Waals surface area contributed by atoms with E-state index < -0.39 is 11.0 Å². The summed E-state index contributed by atoms with van der Waals surface area (Å²) in [4.78, 5) is 4.90. The van der Waals surface area contributed by atoms with Crippen LogP contribution in [0.1, 0.15) is 5.56 Å². The van der Waals surface area contributed by atoms with Crippen molar-refractivity contribution in [1.29, 1.82) is 0 Å². The third-order valence-corrected chi connectivity index (χ3v) is 5.11. The molecule has 0 amide bonds. The first-order valence-electron chi connectivity index (χ1n) is 7.82. The van der Waals surface area contributed by atoms with Crippen LogP contribution in [-0.4, -0.2) is 20.9 Å². The molecular weight excluding hydrogens is 334 g/mol. The Hall–Kier alpha value is -2.70. The van der Waals surface area contributed by atoms with Crippen molar-refractivity contribution in [3.63, 3.8) is 0 Å². The van der Waals surface area contributed by atoms with E-state index in [1.54, 1.807) is 25.4 Å². The molecule has 0 bridgehead atoms. The predicted molar refractivity (Wildman–Crippen MR) is 99.9 cm³/mol. The van der Waals surface area contributed by atoms with Crippen LogP contribution in [0.4, 0.5) is 0 Å². The summed E-state index contributed by atoms with van der Waals surface area (Å²) >= 11 is 0. The van der Waals surface area contributed by atoms with E-state index in [4.69, 9.17) is 9.88 Å². The summed E-state index contributed by atoms with van der Waals surface area (Å²) in [6.45, 7) is 0.690. The second-order valence-corrected chi connectivity index (χ2v) is 6.87. The van der Waals surface area contributed by atoms with Gasteiger partial charge in [0.25, 0.3) is 0 Å². The van der Waals surface area contributed by atoms with Crippen LogP contribution >= 0.6 is 0 Å². The number of nitrogens with two attached hydrogens (primary N) is 1. The SMILES string of the molecule is COc1ccc2c(c1)c1ccncc1n2Cc1ccc(S(N)=O)cc1. The molecule has 0 radical (unpaired) electrons. The highest BCUT2D eigenvalue weighted by Gasteiger charge is 2.12. The van der Waals surface area contributed by atoms with Gasteiger partial charge in [0, 0.05) is 29.0 Å². The molecule has 0 fully saturated rings. The molecule has 4 aromatic rings. The van der Waals surface area contributed by atoms with Gasteiger partial charge in [0.2, 0.25) is 0 Å². The van der Waals surface area contributed by atoms with Gasteiger partial charge in [0.05, 0.1) is 23.7 Å². The van der Waals surface area contributed by atoms with Crippen LogP contribution in [0.25, 0.3) is 21.8 Å². The summed E-state index contributed by atoms with van der Waals surface area (Å²) in [5, 5.41) is 7.70. The first kappa shape index (κ1) is 15.8. The van der Waals surface area contributed by atoms with Gasteiger partial charge in [0.1, 0.15) is 16.7 Å². The van der Waals surface area contributed by atoms with Crippen LogP contribution in [-0.2, 0) is 17.5 Å². The summed E-state index contributed by atoms with van der Waals surface area (Å²) in [7, 11) is 0.217. The van der Waals surface area contributed by atoms with E-state index in [1.165, 1.54) is 0 Å². The van der Waals surface area contributed by atoms with E-state index in [2.05, 4.69) is 21.7 Å². The van der Waals surface area contributed by atoms with E-state index in [0.29, 0.717) is 11.4 Å². The van der Waals surface area contributed by atoms with Gasteiger partial charge in [-0.3, -0.25) is 4.98 Å². The number of aromatic nitrogens is 2. The molecule has 5 nitrogen and oxygen atoms in total.